The maximum atomic E-state index is 11.4. The average molecular weight is 266 g/mol. The smallest absolute Gasteiger partial charge is 0.330 e. The number of carboxylic acids is 1. The number of methoxy groups -OCH3 is 1. The number of amides is 1. The number of carbonyl (C=O) groups excluding carboxylic acids is 1. The summed E-state index contributed by atoms with van der Waals surface area (Å²) in [6.07, 6.45) is 0.805. The molecule has 0 bridgehead atoms. The molecule has 0 heterocycles. The van der Waals surface area contributed by atoms with Crippen LogP contribution >= 0.6 is 0 Å². The number of ether oxygens (including phenoxy) is 1. The first-order valence-electron chi connectivity index (χ1n) is 5.91. The summed E-state index contributed by atoms with van der Waals surface area (Å²) in [5.74, 6) is -1.26. The minimum absolute atomic E-state index is 0.233. The molecule has 0 aliphatic rings. The molecule has 4 N–H and O–H groups in total. The maximum Gasteiger partial charge on any atom is 0.330 e. The molecule has 0 aliphatic heterocycles. The summed E-state index contributed by atoms with van der Waals surface area (Å²) in [5, 5.41) is 11.1. The molecule has 1 aromatic carbocycles. The molecule has 104 valence electrons. The van der Waals surface area contributed by atoms with Crippen LogP contribution in [-0.2, 0) is 22.6 Å². The van der Waals surface area contributed by atoms with Gasteiger partial charge in [-0.1, -0.05) is 19.1 Å². The maximum absolute atomic E-state index is 11.4. The number of nitrogens with one attached hydrogen (secondary N) is 1. The molecular formula is C13H18N2O4. The zero-order chi connectivity index (χ0) is 14.4. The first-order valence-corrected chi connectivity index (χ1v) is 5.91. The van der Waals surface area contributed by atoms with Crippen LogP contribution in [0.15, 0.2) is 18.2 Å². The zero-order valence-electron chi connectivity index (χ0n) is 11.0. The van der Waals surface area contributed by atoms with Crippen molar-refractivity contribution in [2.45, 2.75) is 25.9 Å². The van der Waals surface area contributed by atoms with Crippen LogP contribution in [0.25, 0.3) is 0 Å². The van der Waals surface area contributed by atoms with Crippen molar-refractivity contribution in [3.8, 4) is 5.75 Å². The molecule has 6 nitrogen and oxygen atoms in total. The molecule has 0 saturated carbocycles. The summed E-state index contributed by atoms with van der Waals surface area (Å²) >= 11 is 0. The van der Waals surface area contributed by atoms with Crippen molar-refractivity contribution in [2.24, 2.45) is 5.73 Å². The van der Waals surface area contributed by atoms with Crippen molar-refractivity contribution >= 4 is 11.9 Å². The van der Waals surface area contributed by atoms with Gasteiger partial charge in [-0.15, -0.1) is 0 Å². The number of carboxylic acid groups (broad SMARTS) is 1. The molecule has 0 aliphatic carbocycles. The Morgan fingerprint density at radius 2 is 2.16 bits per heavy atom. The number of carbonyl (C=O) groups is 2. The minimum atomic E-state index is -1.54. The predicted octanol–water partition coefficient (Wildman–Crippen LogP) is 0.286. The van der Waals surface area contributed by atoms with Crippen molar-refractivity contribution in [1.29, 1.82) is 0 Å². The molecule has 1 rings (SSSR count). The molecule has 0 radical (unpaired) electrons. The summed E-state index contributed by atoms with van der Waals surface area (Å²) in [6, 6.07) is 4.00. The van der Waals surface area contributed by atoms with Crippen LogP contribution in [0.1, 0.15) is 18.1 Å². The fourth-order valence-corrected chi connectivity index (χ4v) is 1.63. The monoisotopic (exact) mass is 266 g/mol. The van der Waals surface area contributed by atoms with E-state index in [2.05, 4.69) is 5.32 Å². The predicted molar refractivity (Wildman–Crippen MR) is 69.8 cm³/mol. The fraction of sp³-hybridized carbons (Fsp3) is 0.385. The van der Waals surface area contributed by atoms with E-state index < -0.39 is 17.9 Å². The Morgan fingerprint density at radius 1 is 1.47 bits per heavy atom. The van der Waals surface area contributed by atoms with Crippen LogP contribution in [0, 0.1) is 0 Å². The van der Waals surface area contributed by atoms with Crippen molar-refractivity contribution in [3.63, 3.8) is 0 Å². The summed E-state index contributed by atoms with van der Waals surface area (Å²) < 4.78 is 5.20. The second-order valence-corrected chi connectivity index (χ2v) is 4.03. The highest BCUT2D eigenvalue weighted by molar-refractivity contribution is 6.00. The molecule has 0 spiro atoms. The first kappa shape index (κ1) is 15.0. The van der Waals surface area contributed by atoms with Gasteiger partial charge >= 0.3 is 5.97 Å². The SMILES string of the molecule is CCc1cc(CNC(=O)C(N)C(=O)O)ccc1OC. The van der Waals surface area contributed by atoms with Crippen LogP contribution in [-0.4, -0.2) is 30.1 Å². The van der Waals surface area contributed by atoms with Crippen LogP contribution in [0.4, 0.5) is 0 Å². The molecule has 0 aromatic heterocycles. The molecule has 1 aromatic rings. The van der Waals surface area contributed by atoms with Crippen molar-refractivity contribution in [3.05, 3.63) is 29.3 Å². The van der Waals surface area contributed by atoms with E-state index in [9.17, 15) is 9.59 Å². The normalized spacial score (nSPS) is 11.7. The lowest BCUT2D eigenvalue weighted by Gasteiger charge is -2.11. The minimum Gasteiger partial charge on any atom is -0.496 e. The van der Waals surface area contributed by atoms with E-state index in [1.807, 2.05) is 25.1 Å². The topological polar surface area (TPSA) is 102 Å². The van der Waals surface area contributed by atoms with Gasteiger partial charge in [-0.2, -0.15) is 0 Å². The molecule has 0 fully saturated rings. The Balaban J connectivity index is 2.68. The molecule has 19 heavy (non-hydrogen) atoms. The highest BCUT2D eigenvalue weighted by Gasteiger charge is 2.20. The summed E-state index contributed by atoms with van der Waals surface area (Å²) in [6.45, 7) is 2.23. The van der Waals surface area contributed by atoms with Crippen molar-refractivity contribution < 1.29 is 19.4 Å². The molecule has 1 atom stereocenters. The second-order valence-electron chi connectivity index (χ2n) is 4.03. The van der Waals surface area contributed by atoms with Crippen molar-refractivity contribution in [1.82, 2.24) is 5.32 Å². The Labute approximate surface area is 111 Å². The largest absolute Gasteiger partial charge is 0.496 e. The van der Waals surface area contributed by atoms with E-state index in [0.29, 0.717) is 0 Å². The number of aryl methyl sites for hydroxylation is 1. The van der Waals surface area contributed by atoms with Gasteiger partial charge in [-0.05, 0) is 23.6 Å². The highest BCUT2D eigenvalue weighted by Crippen LogP contribution is 2.20. The third-order valence-corrected chi connectivity index (χ3v) is 2.74. The molecule has 6 heteroatoms. The lowest BCUT2D eigenvalue weighted by Crippen LogP contribution is -2.45. The molecule has 1 amide bonds. The molecule has 1 unspecified atom stereocenters. The standard InChI is InChI=1S/C13H18N2O4/c1-3-9-6-8(4-5-10(9)19-2)7-15-12(16)11(14)13(17)18/h4-6,11H,3,7,14H2,1-2H3,(H,15,16)(H,17,18). The van der Waals surface area contributed by atoms with E-state index in [1.165, 1.54) is 0 Å². The van der Waals surface area contributed by atoms with Gasteiger partial charge in [0.2, 0.25) is 5.91 Å². The van der Waals surface area contributed by atoms with Crippen LogP contribution in [0.5, 0.6) is 5.75 Å². The van der Waals surface area contributed by atoms with E-state index >= 15 is 0 Å². The van der Waals surface area contributed by atoms with E-state index in [-0.39, 0.29) is 6.54 Å². The van der Waals surface area contributed by atoms with E-state index in [4.69, 9.17) is 15.6 Å². The summed E-state index contributed by atoms with van der Waals surface area (Å²) in [4.78, 5) is 21.9. The van der Waals surface area contributed by atoms with Gasteiger partial charge in [0.05, 0.1) is 7.11 Å². The third-order valence-electron chi connectivity index (χ3n) is 2.74. The van der Waals surface area contributed by atoms with Gasteiger partial charge in [-0.25, -0.2) is 4.79 Å². The highest BCUT2D eigenvalue weighted by atomic mass is 16.5. The molecule has 0 saturated heterocycles. The second kappa shape index (κ2) is 6.75. The van der Waals surface area contributed by atoms with Crippen LogP contribution in [0.3, 0.4) is 0 Å². The number of benzene rings is 1. The summed E-state index contributed by atoms with van der Waals surface area (Å²) in [5.41, 5.74) is 7.08. The zero-order valence-corrected chi connectivity index (χ0v) is 11.0. The number of rotatable bonds is 6. The van der Waals surface area contributed by atoms with Gasteiger partial charge in [-0.3, -0.25) is 4.79 Å². The Kier molecular flexibility index (Phi) is 5.32. The van der Waals surface area contributed by atoms with Crippen LogP contribution < -0.4 is 15.8 Å². The molecular weight excluding hydrogens is 248 g/mol. The number of hydrogen-bond acceptors (Lipinski definition) is 4. The lowest BCUT2D eigenvalue weighted by atomic mass is 10.1. The fourth-order valence-electron chi connectivity index (χ4n) is 1.63. The van der Waals surface area contributed by atoms with Crippen LogP contribution in [0.2, 0.25) is 0 Å². The number of nitrogens with two attached hydrogens (primary N) is 1. The number of hydrogen-bond donors (Lipinski definition) is 3. The Hall–Kier alpha value is -2.08. The average Bonchev–Trinajstić information content (AvgIpc) is 2.43. The lowest BCUT2D eigenvalue weighted by molar-refractivity contribution is -0.142. The van der Waals surface area contributed by atoms with E-state index in [1.54, 1.807) is 7.11 Å². The van der Waals surface area contributed by atoms with Crippen molar-refractivity contribution in [2.75, 3.05) is 7.11 Å². The van der Waals surface area contributed by atoms with Gasteiger partial charge < -0.3 is 20.9 Å². The first-order chi connectivity index (χ1) is 8.99. The quantitative estimate of drug-likeness (QED) is 0.642. The third kappa shape index (κ3) is 3.96. The Morgan fingerprint density at radius 3 is 2.68 bits per heavy atom. The summed E-state index contributed by atoms with van der Waals surface area (Å²) in [7, 11) is 1.60. The van der Waals surface area contributed by atoms with Gasteiger partial charge in [0.1, 0.15) is 5.75 Å². The number of aliphatic carboxylic acids is 1. The van der Waals surface area contributed by atoms with E-state index in [0.717, 1.165) is 23.3 Å². The van der Waals surface area contributed by atoms with Gasteiger partial charge in [0, 0.05) is 6.54 Å². The Bertz CT molecular complexity index is 474. The van der Waals surface area contributed by atoms with Gasteiger partial charge in [0.15, 0.2) is 6.04 Å². The van der Waals surface area contributed by atoms with Gasteiger partial charge in [0.25, 0.3) is 0 Å².